The van der Waals surface area contributed by atoms with E-state index in [-0.39, 0.29) is 24.3 Å². The molecule has 0 radical (unpaired) electrons. The van der Waals surface area contributed by atoms with Gasteiger partial charge in [0.25, 0.3) is 5.88 Å². The summed E-state index contributed by atoms with van der Waals surface area (Å²) in [6, 6.07) is 16.6. The third-order valence-electron chi connectivity index (χ3n) is 3.46. The van der Waals surface area contributed by atoms with E-state index < -0.39 is 0 Å². The number of aromatic nitrogens is 2. The molecule has 0 bridgehead atoms. The molecule has 0 atom stereocenters. The molecule has 2 N–H and O–H groups in total. The van der Waals surface area contributed by atoms with Crippen LogP contribution in [0.5, 0.6) is 5.88 Å². The maximum Gasteiger partial charge on any atom is 0.320 e. The fraction of sp³-hybridized carbons (Fsp3) is 0.105. The van der Waals surface area contributed by atoms with Gasteiger partial charge in [0.05, 0.1) is 0 Å². The average molecular weight is 369 g/mol. The van der Waals surface area contributed by atoms with E-state index in [1.807, 2.05) is 42.5 Å². The largest absolute Gasteiger partial charge is 0.470 e. The van der Waals surface area contributed by atoms with Crippen LogP contribution >= 0.6 is 11.6 Å². The molecular formula is C19H17ClN4O2. The second kappa shape index (κ2) is 8.82. The third kappa shape index (κ3) is 5.19. The van der Waals surface area contributed by atoms with Crippen molar-refractivity contribution in [1.82, 2.24) is 15.3 Å². The van der Waals surface area contributed by atoms with Crippen LogP contribution in [0, 0.1) is 0 Å². The molecular weight excluding hydrogens is 352 g/mol. The summed E-state index contributed by atoms with van der Waals surface area (Å²) in [4.78, 5) is 20.3. The Kier molecular flexibility index (Phi) is 6.01. The molecule has 0 fully saturated rings. The van der Waals surface area contributed by atoms with Crippen molar-refractivity contribution in [3.63, 3.8) is 0 Å². The van der Waals surface area contributed by atoms with Gasteiger partial charge in [-0.3, -0.25) is 5.32 Å². The number of nitrogens with zero attached hydrogens (tertiary/aromatic N) is 2. The van der Waals surface area contributed by atoms with Gasteiger partial charge in [-0.2, -0.15) is 0 Å². The maximum atomic E-state index is 12.1. The number of nitrogens with one attached hydrogen (secondary N) is 2. The number of anilines is 1. The van der Waals surface area contributed by atoms with E-state index >= 15 is 0 Å². The number of urea groups is 1. The Bertz CT molecular complexity index is 874. The number of benzene rings is 2. The lowest BCUT2D eigenvalue weighted by Gasteiger charge is -2.11. The van der Waals surface area contributed by atoms with E-state index in [0.717, 1.165) is 11.1 Å². The summed E-state index contributed by atoms with van der Waals surface area (Å²) in [5.41, 5.74) is 1.89. The van der Waals surface area contributed by atoms with Crippen LogP contribution in [-0.2, 0) is 13.2 Å². The number of carbonyl (C=O) groups is 1. The molecule has 7 heteroatoms. The molecule has 1 aromatic heterocycles. The molecule has 0 aliphatic rings. The lowest BCUT2D eigenvalue weighted by atomic mass is 10.2. The molecule has 2 aromatic carbocycles. The highest BCUT2D eigenvalue weighted by molar-refractivity contribution is 6.30. The number of halogens is 1. The van der Waals surface area contributed by atoms with Gasteiger partial charge in [0.1, 0.15) is 6.61 Å². The van der Waals surface area contributed by atoms with Crippen molar-refractivity contribution in [2.45, 2.75) is 13.2 Å². The molecule has 2 amide bonds. The fourth-order valence-electron chi connectivity index (χ4n) is 2.23. The monoisotopic (exact) mass is 368 g/mol. The minimum atomic E-state index is -0.387. The first-order valence-electron chi connectivity index (χ1n) is 7.98. The highest BCUT2D eigenvalue weighted by atomic mass is 35.5. The van der Waals surface area contributed by atoms with Gasteiger partial charge in [-0.1, -0.05) is 54.1 Å². The van der Waals surface area contributed by atoms with Crippen LogP contribution < -0.4 is 15.4 Å². The van der Waals surface area contributed by atoms with Gasteiger partial charge in [-0.25, -0.2) is 14.8 Å². The van der Waals surface area contributed by atoms with Crippen LogP contribution in [0.15, 0.2) is 67.0 Å². The van der Waals surface area contributed by atoms with Gasteiger partial charge in [0, 0.05) is 24.0 Å². The van der Waals surface area contributed by atoms with Crippen molar-refractivity contribution in [3.05, 3.63) is 83.1 Å². The molecule has 0 aliphatic carbocycles. The van der Waals surface area contributed by atoms with Gasteiger partial charge < -0.3 is 10.1 Å². The molecule has 0 aliphatic heterocycles. The van der Waals surface area contributed by atoms with Gasteiger partial charge >= 0.3 is 6.03 Å². The fourth-order valence-corrected chi connectivity index (χ4v) is 2.44. The van der Waals surface area contributed by atoms with E-state index in [2.05, 4.69) is 20.6 Å². The molecule has 26 heavy (non-hydrogen) atoms. The Hall–Kier alpha value is -3.12. The molecule has 1 heterocycles. The van der Waals surface area contributed by atoms with E-state index in [1.54, 1.807) is 12.1 Å². The maximum absolute atomic E-state index is 12.1. The number of hydrogen-bond donors (Lipinski definition) is 2. The summed E-state index contributed by atoms with van der Waals surface area (Å²) in [7, 11) is 0. The molecule has 0 spiro atoms. The van der Waals surface area contributed by atoms with Crippen LogP contribution in [0.3, 0.4) is 0 Å². The number of rotatable bonds is 6. The van der Waals surface area contributed by atoms with Crippen molar-refractivity contribution in [2.24, 2.45) is 0 Å². The van der Waals surface area contributed by atoms with E-state index in [4.69, 9.17) is 16.3 Å². The van der Waals surface area contributed by atoms with Crippen LogP contribution in [-0.4, -0.2) is 16.0 Å². The van der Waals surface area contributed by atoms with Crippen molar-refractivity contribution >= 4 is 23.4 Å². The first-order valence-corrected chi connectivity index (χ1v) is 8.35. The SMILES string of the molecule is O=C(NCc1ccccc1)Nc1nccnc1OCc1cccc(Cl)c1. The topological polar surface area (TPSA) is 76.1 Å². The number of carbonyl (C=O) groups excluding carboxylic acids is 1. The second-order valence-electron chi connectivity index (χ2n) is 5.42. The quantitative estimate of drug-likeness (QED) is 0.688. The Balaban J connectivity index is 1.58. The third-order valence-corrected chi connectivity index (χ3v) is 3.69. The van der Waals surface area contributed by atoms with Crippen LogP contribution in [0.1, 0.15) is 11.1 Å². The number of amides is 2. The van der Waals surface area contributed by atoms with Crippen LogP contribution in [0.2, 0.25) is 5.02 Å². The smallest absolute Gasteiger partial charge is 0.320 e. The molecule has 132 valence electrons. The standard InChI is InChI=1S/C19H17ClN4O2/c20-16-8-4-7-15(11-16)13-26-18-17(21-9-10-22-18)24-19(25)23-12-14-5-2-1-3-6-14/h1-11H,12-13H2,(H2,21,23,24,25). The lowest BCUT2D eigenvalue weighted by molar-refractivity contribution is 0.251. The lowest BCUT2D eigenvalue weighted by Crippen LogP contribution is -2.28. The first kappa shape index (κ1) is 17.7. The molecule has 0 unspecified atom stereocenters. The molecule has 3 aromatic rings. The summed E-state index contributed by atoms with van der Waals surface area (Å²) in [6.45, 7) is 0.672. The summed E-state index contributed by atoms with van der Waals surface area (Å²) in [5, 5.41) is 6.05. The number of ether oxygens (including phenoxy) is 1. The van der Waals surface area contributed by atoms with Gasteiger partial charge in [-0.05, 0) is 23.3 Å². The zero-order chi connectivity index (χ0) is 18.2. The predicted molar refractivity (Wildman–Crippen MR) is 100 cm³/mol. The van der Waals surface area contributed by atoms with E-state index in [1.165, 1.54) is 12.4 Å². The summed E-state index contributed by atoms with van der Waals surface area (Å²) in [6.07, 6.45) is 2.99. The first-order chi connectivity index (χ1) is 12.7. The minimum Gasteiger partial charge on any atom is -0.470 e. The summed E-state index contributed by atoms with van der Waals surface area (Å²) >= 11 is 5.96. The zero-order valence-corrected chi connectivity index (χ0v) is 14.6. The van der Waals surface area contributed by atoms with Gasteiger partial charge in [-0.15, -0.1) is 0 Å². The molecule has 0 saturated carbocycles. The van der Waals surface area contributed by atoms with Gasteiger partial charge in [0.2, 0.25) is 0 Å². The second-order valence-corrected chi connectivity index (χ2v) is 5.86. The average Bonchev–Trinajstić information content (AvgIpc) is 2.67. The van der Waals surface area contributed by atoms with Gasteiger partial charge in [0.15, 0.2) is 5.82 Å². The normalized spacial score (nSPS) is 10.2. The zero-order valence-electron chi connectivity index (χ0n) is 13.9. The van der Waals surface area contributed by atoms with Crippen molar-refractivity contribution < 1.29 is 9.53 Å². The molecule has 6 nitrogen and oxygen atoms in total. The van der Waals surface area contributed by atoms with Crippen molar-refractivity contribution in [3.8, 4) is 5.88 Å². The predicted octanol–water partition coefficient (Wildman–Crippen LogP) is 4.03. The Morgan fingerprint density at radius 3 is 2.58 bits per heavy atom. The summed E-state index contributed by atoms with van der Waals surface area (Å²) in [5.74, 6) is 0.488. The minimum absolute atomic E-state index is 0.238. The van der Waals surface area contributed by atoms with Crippen LogP contribution in [0.25, 0.3) is 0 Å². The highest BCUT2D eigenvalue weighted by Gasteiger charge is 2.10. The van der Waals surface area contributed by atoms with E-state index in [9.17, 15) is 4.79 Å². The highest BCUT2D eigenvalue weighted by Crippen LogP contribution is 2.19. The molecule has 0 saturated heterocycles. The Labute approximate surface area is 156 Å². The Morgan fingerprint density at radius 2 is 1.77 bits per heavy atom. The number of hydrogen-bond acceptors (Lipinski definition) is 4. The molecule has 3 rings (SSSR count). The van der Waals surface area contributed by atoms with Crippen molar-refractivity contribution in [2.75, 3.05) is 5.32 Å². The summed E-state index contributed by atoms with van der Waals surface area (Å²) < 4.78 is 5.67. The Morgan fingerprint density at radius 1 is 1.00 bits per heavy atom. The van der Waals surface area contributed by atoms with E-state index in [0.29, 0.717) is 11.6 Å². The van der Waals surface area contributed by atoms with Crippen LogP contribution in [0.4, 0.5) is 10.6 Å². The van der Waals surface area contributed by atoms with Crippen molar-refractivity contribution in [1.29, 1.82) is 0 Å².